The lowest BCUT2D eigenvalue weighted by molar-refractivity contribution is -0.138. The van der Waals surface area contributed by atoms with Crippen molar-refractivity contribution < 1.29 is 27.9 Å². The first-order chi connectivity index (χ1) is 11.8. The zero-order valence-corrected chi connectivity index (χ0v) is 13.0. The van der Waals surface area contributed by atoms with Gasteiger partial charge in [-0.05, 0) is 47.4 Å². The van der Waals surface area contributed by atoms with E-state index in [9.17, 15) is 22.8 Å². The van der Waals surface area contributed by atoms with Crippen molar-refractivity contribution in [2.45, 2.75) is 19.0 Å². The maximum Gasteiger partial charge on any atom is 0.416 e. The summed E-state index contributed by atoms with van der Waals surface area (Å²) in [6.45, 7) is -0.436. The largest absolute Gasteiger partial charge is 0.480 e. The van der Waals surface area contributed by atoms with Gasteiger partial charge < -0.3 is 10.0 Å². The van der Waals surface area contributed by atoms with Gasteiger partial charge in [-0.15, -0.1) is 0 Å². The Morgan fingerprint density at radius 2 is 1.80 bits per heavy atom. The van der Waals surface area contributed by atoms with Gasteiger partial charge >= 0.3 is 12.1 Å². The molecule has 0 fully saturated rings. The van der Waals surface area contributed by atoms with Gasteiger partial charge in [0.05, 0.1) is 5.56 Å². The summed E-state index contributed by atoms with van der Waals surface area (Å²) in [6, 6.07) is 9.91. The van der Waals surface area contributed by atoms with Crippen molar-refractivity contribution in [3.05, 3.63) is 53.6 Å². The van der Waals surface area contributed by atoms with Gasteiger partial charge in [0.2, 0.25) is 5.91 Å². The normalized spacial score (nSPS) is 14.4. The van der Waals surface area contributed by atoms with Crippen molar-refractivity contribution >= 4 is 17.6 Å². The molecule has 2 aromatic rings. The first-order valence-electron chi connectivity index (χ1n) is 7.58. The molecule has 1 amide bonds. The molecule has 0 unspecified atom stereocenters. The highest BCUT2D eigenvalue weighted by molar-refractivity contribution is 6.00. The molecule has 0 saturated carbocycles. The standard InChI is InChI=1S/C18H14F3NO3/c19-18(20,21)14-3-1-2-11(9-14)12-4-6-15-13(8-12)5-7-16(23)22(15)10-17(24)25/h1-4,6,8-9H,5,7,10H2,(H,24,25). The van der Waals surface area contributed by atoms with E-state index >= 15 is 0 Å². The van der Waals surface area contributed by atoms with Crippen LogP contribution in [-0.2, 0) is 22.2 Å². The number of halogens is 3. The molecule has 0 spiro atoms. The smallest absolute Gasteiger partial charge is 0.416 e. The molecule has 4 nitrogen and oxygen atoms in total. The number of hydrogen-bond acceptors (Lipinski definition) is 2. The fourth-order valence-corrected chi connectivity index (χ4v) is 2.92. The first kappa shape index (κ1) is 17.0. The van der Waals surface area contributed by atoms with Crippen LogP contribution in [0.4, 0.5) is 18.9 Å². The number of rotatable bonds is 3. The Labute approximate surface area is 141 Å². The maximum absolute atomic E-state index is 12.9. The molecule has 1 aliphatic heterocycles. The van der Waals surface area contributed by atoms with Crippen molar-refractivity contribution in [1.82, 2.24) is 0 Å². The van der Waals surface area contributed by atoms with Gasteiger partial charge in [0.15, 0.2) is 0 Å². The highest BCUT2D eigenvalue weighted by Gasteiger charge is 2.31. The SMILES string of the molecule is O=C(O)CN1C(=O)CCc2cc(-c3cccc(C(F)(F)F)c3)ccc21. The predicted octanol–water partition coefficient (Wildman–Crippen LogP) is 3.74. The quantitative estimate of drug-likeness (QED) is 0.918. The fraction of sp³-hybridized carbons (Fsp3) is 0.222. The molecule has 2 aromatic carbocycles. The Morgan fingerprint density at radius 1 is 1.08 bits per heavy atom. The van der Waals surface area contributed by atoms with Gasteiger partial charge in [0, 0.05) is 12.1 Å². The minimum atomic E-state index is -4.42. The van der Waals surface area contributed by atoms with Crippen LogP contribution in [0.1, 0.15) is 17.5 Å². The van der Waals surface area contributed by atoms with Crippen LogP contribution in [0.3, 0.4) is 0 Å². The van der Waals surface area contributed by atoms with Crippen molar-refractivity contribution in [3.63, 3.8) is 0 Å². The van der Waals surface area contributed by atoms with E-state index in [4.69, 9.17) is 5.11 Å². The van der Waals surface area contributed by atoms with Gasteiger partial charge in [-0.25, -0.2) is 0 Å². The molecule has 0 bridgehead atoms. The number of alkyl halides is 3. The van der Waals surface area contributed by atoms with Crippen LogP contribution in [0, 0.1) is 0 Å². The highest BCUT2D eigenvalue weighted by atomic mass is 19.4. The molecule has 130 valence electrons. The summed E-state index contributed by atoms with van der Waals surface area (Å²) in [5.41, 5.74) is 1.52. The lowest BCUT2D eigenvalue weighted by Crippen LogP contribution is -2.38. The van der Waals surface area contributed by atoms with E-state index in [1.54, 1.807) is 24.3 Å². The molecular formula is C18H14F3NO3. The van der Waals surface area contributed by atoms with Crippen LogP contribution >= 0.6 is 0 Å². The molecule has 1 heterocycles. The number of amides is 1. The molecule has 7 heteroatoms. The Balaban J connectivity index is 1.99. The minimum absolute atomic E-state index is 0.173. The van der Waals surface area contributed by atoms with E-state index in [-0.39, 0.29) is 12.3 Å². The fourth-order valence-electron chi connectivity index (χ4n) is 2.92. The van der Waals surface area contributed by atoms with Crippen LogP contribution < -0.4 is 4.90 Å². The summed E-state index contributed by atoms with van der Waals surface area (Å²) >= 11 is 0. The molecule has 0 saturated heterocycles. The van der Waals surface area contributed by atoms with Crippen LogP contribution in [0.15, 0.2) is 42.5 Å². The first-order valence-corrected chi connectivity index (χ1v) is 7.58. The van der Waals surface area contributed by atoms with Crippen molar-refractivity contribution in [1.29, 1.82) is 0 Å². The number of nitrogens with zero attached hydrogens (tertiary/aromatic N) is 1. The van der Waals surface area contributed by atoms with Gasteiger partial charge in [-0.1, -0.05) is 18.2 Å². The van der Waals surface area contributed by atoms with Gasteiger partial charge in [-0.3, -0.25) is 9.59 Å². The van der Waals surface area contributed by atoms with E-state index in [2.05, 4.69) is 0 Å². The second-order valence-corrected chi connectivity index (χ2v) is 5.80. The van der Waals surface area contributed by atoms with Gasteiger partial charge in [0.25, 0.3) is 0 Å². The number of fused-ring (bicyclic) bond motifs is 1. The average molecular weight is 349 g/mol. The number of aryl methyl sites for hydroxylation is 1. The molecule has 0 radical (unpaired) electrons. The van der Waals surface area contributed by atoms with E-state index < -0.39 is 24.3 Å². The zero-order valence-electron chi connectivity index (χ0n) is 13.0. The second kappa shape index (κ2) is 6.23. The Hall–Kier alpha value is -2.83. The molecule has 0 atom stereocenters. The number of anilines is 1. The van der Waals surface area contributed by atoms with E-state index in [0.29, 0.717) is 23.2 Å². The number of carbonyl (C=O) groups excluding carboxylic acids is 1. The molecule has 25 heavy (non-hydrogen) atoms. The van der Waals surface area contributed by atoms with Crippen molar-refractivity contribution in [3.8, 4) is 11.1 Å². The van der Waals surface area contributed by atoms with E-state index in [1.165, 1.54) is 11.0 Å². The molecule has 1 N–H and O–H groups in total. The van der Waals surface area contributed by atoms with Crippen LogP contribution in [0.5, 0.6) is 0 Å². The number of hydrogen-bond donors (Lipinski definition) is 1. The van der Waals surface area contributed by atoms with Crippen LogP contribution in [0.25, 0.3) is 11.1 Å². The van der Waals surface area contributed by atoms with Crippen LogP contribution in [-0.4, -0.2) is 23.5 Å². The number of carboxylic acids is 1. The lowest BCUT2D eigenvalue weighted by Gasteiger charge is -2.28. The maximum atomic E-state index is 12.9. The Bertz CT molecular complexity index is 846. The van der Waals surface area contributed by atoms with E-state index in [1.807, 2.05) is 0 Å². The summed E-state index contributed by atoms with van der Waals surface area (Å²) < 4.78 is 38.6. The Kier molecular flexibility index (Phi) is 4.24. The third-order valence-electron chi connectivity index (χ3n) is 4.10. The van der Waals surface area contributed by atoms with Crippen LogP contribution in [0.2, 0.25) is 0 Å². The molecule has 1 aliphatic rings. The number of carbonyl (C=O) groups is 2. The summed E-state index contributed by atoms with van der Waals surface area (Å²) in [5.74, 6) is -1.40. The summed E-state index contributed by atoms with van der Waals surface area (Å²) in [4.78, 5) is 24.1. The summed E-state index contributed by atoms with van der Waals surface area (Å²) in [7, 11) is 0. The van der Waals surface area contributed by atoms with E-state index in [0.717, 1.165) is 17.7 Å². The summed E-state index contributed by atoms with van der Waals surface area (Å²) in [6.07, 6.45) is -3.82. The number of benzene rings is 2. The monoisotopic (exact) mass is 349 g/mol. The minimum Gasteiger partial charge on any atom is -0.480 e. The zero-order chi connectivity index (χ0) is 18.2. The van der Waals surface area contributed by atoms with Crippen molar-refractivity contribution in [2.75, 3.05) is 11.4 Å². The molecular weight excluding hydrogens is 335 g/mol. The summed E-state index contributed by atoms with van der Waals surface area (Å²) in [5, 5.41) is 8.95. The number of carboxylic acid groups (broad SMARTS) is 1. The molecule has 0 aliphatic carbocycles. The predicted molar refractivity (Wildman–Crippen MR) is 85.2 cm³/mol. The molecule has 3 rings (SSSR count). The van der Waals surface area contributed by atoms with Gasteiger partial charge in [0.1, 0.15) is 6.54 Å². The topological polar surface area (TPSA) is 57.6 Å². The third kappa shape index (κ3) is 3.50. The third-order valence-corrected chi connectivity index (χ3v) is 4.10. The molecule has 0 aromatic heterocycles. The second-order valence-electron chi connectivity index (χ2n) is 5.80. The number of aliphatic carboxylic acids is 1. The highest BCUT2D eigenvalue weighted by Crippen LogP contribution is 2.35. The average Bonchev–Trinajstić information content (AvgIpc) is 2.56. The van der Waals surface area contributed by atoms with Gasteiger partial charge in [-0.2, -0.15) is 13.2 Å². The lowest BCUT2D eigenvalue weighted by atomic mass is 9.95. The van der Waals surface area contributed by atoms with Crippen molar-refractivity contribution in [2.24, 2.45) is 0 Å². The Morgan fingerprint density at radius 3 is 2.48 bits per heavy atom.